The summed E-state index contributed by atoms with van der Waals surface area (Å²) in [6.07, 6.45) is 11.4. The monoisotopic (exact) mass is 352 g/mol. The average molecular weight is 353 g/mol. The minimum absolute atomic E-state index is 0.144. The van der Waals surface area contributed by atoms with E-state index in [0.717, 1.165) is 25.7 Å². The van der Waals surface area contributed by atoms with E-state index in [2.05, 4.69) is 5.32 Å². The van der Waals surface area contributed by atoms with Crippen LogP contribution >= 0.6 is 0 Å². The van der Waals surface area contributed by atoms with E-state index in [1.165, 1.54) is 38.5 Å². The van der Waals surface area contributed by atoms with E-state index in [9.17, 15) is 9.59 Å². The zero-order chi connectivity index (χ0) is 18.4. The second kappa shape index (κ2) is 8.91. The van der Waals surface area contributed by atoms with E-state index in [4.69, 9.17) is 10.5 Å². The highest BCUT2D eigenvalue weighted by Crippen LogP contribution is 2.41. The molecule has 0 unspecified atom stereocenters. The van der Waals surface area contributed by atoms with Crippen molar-refractivity contribution in [2.24, 2.45) is 23.5 Å². The van der Waals surface area contributed by atoms with Crippen molar-refractivity contribution in [2.45, 2.75) is 96.6 Å². The minimum atomic E-state index is -0.624. The Morgan fingerprint density at radius 3 is 1.72 bits per heavy atom. The van der Waals surface area contributed by atoms with Gasteiger partial charge in [0.15, 0.2) is 0 Å². The number of rotatable bonds is 5. The number of nitrogens with one attached hydrogen (secondary N) is 1. The van der Waals surface area contributed by atoms with Crippen LogP contribution in [0, 0.1) is 17.8 Å². The number of carbonyl (C=O) groups is 2. The fourth-order valence-corrected chi connectivity index (χ4v) is 4.76. The number of nitrogens with two attached hydrogens (primary N) is 1. The molecule has 0 aliphatic heterocycles. The number of ether oxygens (including phenoxy) is 1. The summed E-state index contributed by atoms with van der Waals surface area (Å²) in [6, 6.07) is -0.624. The topological polar surface area (TPSA) is 81.4 Å². The average Bonchev–Trinajstić information content (AvgIpc) is 2.54. The third-order valence-electron chi connectivity index (χ3n) is 5.75. The van der Waals surface area contributed by atoms with Crippen LogP contribution in [0.15, 0.2) is 0 Å². The smallest absolute Gasteiger partial charge is 0.408 e. The van der Waals surface area contributed by atoms with Gasteiger partial charge in [0.2, 0.25) is 5.91 Å². The highest BCUT2D eigenvalue weighted by atomic mass is 16.6. The predicted octanol–water partition coefficient (Wildman–Crippen LogP) is 4.14. The lowest BCUT2D eigenvalue weighted by molar-refractivity contribution is -0.123. The van der Waals surface area contributed by atoms with Crippen molar-refractivity contribution in [2.75, 3.05) is 0 Å². The van der Waals surface area contributed by atoms with Crippen molar-refractivity contribution in [1.82, 2.24) is 5.32 Å². The van der Waals surface area contributed by atoms with Gasteiger partial charge in [-0.25, -0.2) is 4.79 Å². The summed E-state index contributed by atoms with van der Waals surface area (Å²) in [5.41, 5.74) is 5.17. The van der Waals surface area contributed by atoms with Gasteiger partial charge >= 0.3 is 6.09 Å². The first-order valence-electron chi connectivity index (χ1n) is 10.1. The van der Waals surface area contributed by atoms with Crippen LogP contribution in [0.5, 0.6) is 0 Å². The van der Waals surface area contributed by atoms with E-state index in [0.29, 0.717) is 11.8 Å². The first-order chi connectivity index (χ1) is 11.8. The van der Waals surface area contributed by atoms with Gasteiger partial charge < -0.3 is 15.8 Å². The molecule has 0 saturated heterocycles. The molecule has 144 valence electrons. The number of hydrogen-bond donors (Lipinski definition) is 2. The third-order valence-corrected chi connectivity index (χ3v) is 5.75. The molecule has 2 rings (SSSR count). The summed E-state index contributed by atoms with van der Waals surface area (Å²) < 4.78 is 5.39. The summed E-state index contributed by atoms with van der Waals surface area (Å²) >= 11 is 0. The Morgan fingerprint density at radius 2 is 1.36 bits per heavy atom. The van der Waals surface area contributed by atoms with E-state index >= 15 is 0 Å². The summed E-state index contributed by atoms with van der Waals surface area (Å²) in [7, 11) is 0. The summed E-state index contributed by atoms with van der Waals surface area (Å²) in [5, 5.41) is 2.83. The normalized spacial score (nSPS) is 21.8. The largest absolute Gasteiger partial charge is 0.444 e. The van der Waals surface area contributed by atoms with Crippen molar-refractivity contribution in [3.8, 4) is 0 Å². The van der Waals surface area contributed by atoms with Gasteiger partial charge in [0.25, 0.3) is 0 Å². The first kappa shape index (κ1) is 20.1. The third kappa shape index (κ3) is 6.19. The molecule has 2 aliphatic rings. The van der Waals surface area contributed by atoms with E-state index < -0.39 is 23.6 Å². The molecular weight excluding hydrogens is 316 g/mol. The SMILES string of the molecule is CC(C)(C)OC(=O)N[C@H](C(N)=O)C(C1CCCCC1)C1CCCCC1. The first-order valence-corrected chi connectivity index (χ1v) is 10.1. The molecule has 5 heteroatoms. The molecule has 25 heavy (non-hydrogen) atoms. The maximum atomic E-state index is 12.3. The van der Waals surface area contributed by atoms with Crippen molar-refractivity contribution in [3.05, 3.63) is 0 Å². The summed E-state index contributed by atoms with van der Waals surface area (Å²) in [6.45, 7) is 5.48. The Kier molecular flexibility index (Phi) is 7.14. The maximum Gasteiger partial charge on any atom is 0.408 e. The van der Waals surface area contributed by atoms with E-state index in [1.54, 1.807) is 0 Å². The second-order valence-electron chi connectivity index (χ2n) is 8.90. The molecule has 3 N–H and O–H groups in total. The van der Waals surface area contributed by atoms with Crippen LogP contribution in [0.4, 0.5) is 4.79 Å². The molecule has 0 radical (unpaired) electrons. The van der Waals surface area contributed by atoms with Gasteiger partial charge in [-0.3, -0.25) is 4.79 Å². The van der Waals surface area contributed by atoms with Gasteiger partial charge in [-0.1, -0.05) is 64.2 Å². The molecule has 0 spiro atoms. The Hall–Kier alpha value is -1.26. The highest BCUT2D eigenvalue weighted by Gasteiger charge is 2.40. The molecule has 1 atom stereocenters. The molecule has 2 amide bonds. The lowest BCUT2D eigenvalue weighted by Gasteiger charge is -2.41. The lowest BCUT2D eigenvalue weighted by atomic mass is 9.66. The Morgan fingerprint density at radius 1 is 0.920 bits per heavy atom. The fourth-order valence-electron chi connectivity index (χ4n) is 4.76. The maximum absolute atomic E-state index is 12.3. The number of alkyl carbamates (subject to hydrolysis) is 1. The summed E-state index contributed by atoms with van der Waals surface area (Å²) in [4.78, 5) is 24.6. The quantitative estimate of drug-likeness (QED) is 0.780. The van der Waals surface area contributed by atoms with E-state index in [-0.39, 0.29) is 5.92 Å². The van der Waals surface area contributed by atoms with Gasteiger partial charge in [-0.05, 0) is 38.5 Å². The molecule has 2 saturated carbocycles. The zero-order valence-corrected chi connectivity index (χ0v) is 16.2. The van der Waals surface area contributed by atoms with Gasteiger partial charge in [0, 0.05) is 0 Å². The standard InChI is InChI=1S/C20H36N2O3/c1-20(2,3)25-19(24)22-17(18(21)23)16(14-10-6-4-7-11-14)15-12-8-5-9-13-15/h14-17H,4-13H2,1-3H3,(H2,21,23)(H,22,24)/t17-/m0/s1. The summed E-state index contributed by atoms with van der Waals surface area (Å²) in [5.74, 6) is 0.672. The van der Waals surface area contributed by atoms with Crippen LogP contribution in [0.3, 0.4) is 0 Å². The van der Waals surface area contributed by atoms with Gasteiger partial charge in [-0.15, -0.1) is 0 Å². The van der Waals surface area contributed by atoms with Gasteiger partial charge in [0.1, 0.15) is 11.6 Å². The predicted molar refractivity (Wildman–Crippen MR) is 99.0 cm³/mol. The van der Waals surface area contributed by atoms with Crippen LogP contribution in [0.1, 0.15) is 85.0 Å². The lowest BCUT2D eigenvalue weighted by Crippen LogP contribution is -2.54. The number of amides is 2. The Bertz CT molecular complexity index is 428. The molecular formula is C20H36N2O3. The van der Waals surface area contributed by atoms with E-state index in [1.807, 2.05) is 20.8 Å². The number of hydrogen-bond acceptors (Lipinski definition) is 3. The van der Waals surface area contributed by atoms with Crippen LogP contribution < -0.4 is 11.1 Å². The van der Waals surface area contributed by atoms with Crippen LogP contribution in [-0.4, -0.2) is 23.6 Å². The molecule has 2 aliphatic carbocycles. The van der Waals surface area contributed by atoms with Crippen molar-refractivity contribution in [3.63, 3.8) is 0 Å². The van der Waals surface area contributed by atoms with Crippen LogP contribution in [0.25, 0.3) is 0 Å². The Balaban J connectivity index is 2.16. The molecule has 5 nitrogen and oxygen atoms in total. The fraction of sp³-hybridized carbons (Fsp3) is 0.900. The van der Waals surface area contributed by atoms with Gasteiger partial charge in [0.05, 0.1) is 0 Å². The molecule has 0 bridgehead atoms. The zero-order valence-electron chi connectivity index (χ0n) is 16.2. The van der Waals surface area contributed by atoms with Crippen molar-refractivity contribution >= 4 is 12.0 Å². The van der Waals surface area contributed by atoms with Crippen LogP contribution in [-0.2, 0) is 9.53 Å². The highest BCUT2D eigenvalue weighted by molar-refractivity contribution is 5.84. The molecule has 0 aromatic heterocycles. The van der Waals surface area contributed by atoms with Crippen molar-refractivity contribution in [1.29, 1.82) is 0 Å². The molecule has 0 aromatic carbocycles. The van der Waals surface area contributed by atoms with Crippen molar-refractivity contribution < 1.29 is 14.3 Å². The number of carbonyl (C=O) groups excluding carboxylic acids is 2. The molecule has 2 fully saturated rings. The number of primary amides is 1. The van der Waals surface area contributed by atoms with Crippen LogP contribution in [0.2, 0.25) is 0 Å². The molecule has 0 heterocycles. The minimum Gasteiger partial charge on any atom is -0.444 e. The second-order valence-corrected chi connectivity index (χ2v) is 8.90. The molecule has 0 aromatic rings. The van der Waals surface area contributed by atoms with Gasteiger partial charge in [-0.2, -0.15) is 0 Å². The Labute approximate surface area is 152 Å².